The maximum atomic E-state index is 14.1. The number of hydrogen-bond acceptors (Lipinski definition) is 7. The van der Waals surface area contributed by atoms with E-state index < -0.39 is 12.3 Å². The van der Waals surface area contributed by atoms with Gasteiger partial charge in [0.25, 0.3) is 11.8 Å². The number of nitrogens with zero attached hydrogens (tertiary/aromatic N) is 5. The van der Waals surface area contributed by atoms with E-state index in [0.717, 1.165) is 0 Å². The number of halogens is 1. The van der Waals surface area contributed by atoms with E-state index in [2.05, 4.69) is 20.3 Å². The van der Waals surface area contributed by atoms with Gasteiger partial charge in [0.05, 0.1) is 43.4 Å². The van der Waals surface area contributed by atoms with Gasteiger partial charge in [0.2, 0.25) is 0 Å². The molecule has 2 amide bonds. The molecule has 1 fully saturated rings. The van der Waals surface area contributed by atoms with E-state index in [0.29, 0.717) is 60.0 Å². The molecule has 2 aromatic heterocycles. The van der Waals surface area contributed by atoms with Crippen molar-refractivity contribution < 1.29 is 23.8 Å². The van der Waals surface area contributed by atoms with Crippen molar-refractivity contribution in [1.29, 1.82) is 0 Å². The van der Waals surface area contributed by atoms with Crippen LogP contribution >= 0.6 is 0 Å². The predicted molar refractivity (Wildman–Crippen MR) is 122 cm³/mol. The van der Waals surface area contributed by atoms with E-state index in [9.17, 15) is 19.1 Å². The molecule has 34 heavy (non-hydrogen) atoms. The Morgan fingerprint density at radius 1 is 1.32 bits per heavy atom. The molecule has 2 atom stereocenters. The molecule has 0 saturated carbocycles. The third-order valence-electron chi connectivity index (χ3n) is 6.14. The average Bonchev–Trinajstić information content (AvgIpc) is 3.40. The van der Waals surface area contributed by atoms with Gasteiger partial charge in [-0.3, -0.25) is 9.59 Å². The van der Waals surface area contributed by atoms with Gasteiger partial charge in [-0.15, -0.1) is 0 Å². The number of benzene rings is 1. The maximum absolute atomic E-state index is 14.1. The Morgan fingerprint density at radius 3 is 2.88 bits per heavy atom. The molecular weight excluding hydrogens is 443 g/mol. The number of aliphatic hydroxyl groups excluding tert-OH is 1. The first kappa shape index (κ1) is 22.2. The zero-order chi connectivity index (χ0) is 23.8. The summed E-state index contributed by atoms with van der Waals surface area (Å²) in [5.74, 6) is -0.667. The molecule has 0 spiro atoms. The third kappa shape index (κ3) is 4.08. The number of aliphatic hydroxyl groups is 1. The van der Waals surface area contributed by atoms with Gasteiger partial charge in [-0.2, -0.15) is 5.10 Å². The summed E-state index contributed by atoms with van der Waals surface area (Å²) in [6.45, 7) is 3.62. The number of alkyl halides is 1. The van der Waals surface area contributed by atoms with Crippen LogP contribution in [0.5, 0.6) is 0 Å². The number of carbonyl (C=O) groups excluding carboxylic acids is 2. The molecule has 4 heterocycles. The molecule has 2 N–H and O–H groups in total. The summed E-state index contributed by atoms with van der Waals surface area (Å²) in [5, 5.41) is 16.7. The van der Waals surface area contributed by atoms with E-state index in [1.54, 1.807) is 30.6 Å². The van der Waals surface area contributed by atoms with Crippen LogP contribution in [0.2, 0.25) is 0 Å². The summed E-state index contributed by atoms with van der Waals surface area (Å²) in [4.78, 5) is 33.8. The highest BCUT2D eigenvalue weighted by Crippen LogP contribution is 2.35. The lowest BCUT2D eigenvalue weighted by Gasteiger charge is -2.31. The number of ether oxygens (including phenoxy) is 1. The van der Waals surface area contributed by atoms with Gasteiger partial charge in [-0.1, -0.05) is 0 Å². The number of aromatic nitrogens is 3. The summed E-state index contributed by atoms with van der Waals surface area (Å²) in [6.07, 6.45) is 2.05. The number of nitrogens with one attached hydrogen (secondary N) is 1. The Kier molecular flexibility index (Phi) is 5.88. The van der Waals surface area contributed by atoms with Crippen molar-refractivity contribution in [3.8, 4) is 0 Å². The monoisotopic (exact) mass is 468 g/mol. The molecule has 0 aliphatic carbocycles. The molecule has 178 valence electrons. The van der Waals surface area contributed by atoms with E-state index in [-0.39, 0.29) is 24.9 Å². The molecule has 10 nitrogen and oxygen atoms in total. The number of anilines is 2. The molecule has 2 aliphatic rings. The molecule has 1 saturated heterocycles. The van der Waals surface area contributed by atoms with Crippen molar-refractivity contribution in [3.63, 3.8) is 0 Å². The second kappa shape index (κ2) is 8.99. The Labute approximate surface area is 194 Å². The summed E-state index contributed by atoms with van der Waals surface area (Å²) >= 11 is 0. The van der Waals surface area contributed by atoms with Crippen molar-refractivity contribution in [2.75, 3.05) is 43.1 Å². The first-order valence-electron chi connectivity index (χ1n) is 11.1. The summed E-state index contributed by atoms with van der Waals surface area (Å²) < 4.78 is 21.1. The molecule has 3 aromatic rings. The lowest BCUT2D eigenvalue weighted by molar-refractivity contribution is 0.0515. The van der Waals surface area contributed by atoms with Gasteiger partial charge in [-0.25, -0.2) is 13.9 Å². The van der Waals surface area contributed by atoms with Gasteiger partial charge in [0.1, 0.15) is 11.7 Å². The number of hydrogen-bond donors (Lipinski definition) is 2. The topological polar surface area (TPSA) is 112 Å². The van der Waals surface area contributed by atoms with Gasteiger partial charge in [0, 0.05) is 37.6 Å². The number of rotatable bonds is 6. The Bertz CT molecular complexity index is 1240. The molecule has 2 aliphatic heterocycles. The predicted octanol–water partition coefficient (Wildman–Crippen LogP) is 1.49. The minimum atomic E-state index is -1.54. The minimum Gasteiger partial charge on any atom is -0.390 e. The number of fused-ring (bicyclic) bond motifs is 2. The number of amides is 2. The van der Waals surface area contributed by atoms with Crippen molar-refractivity contribution in [2.24, 2.45) is 0 Å². The number of morpholine rings is 1. The van der Waals surface area contributed by atoms with Crippen LogP contribution in [0.15, 0.2) is 36.8 Å². The van der Waals surface area contributed by atoms with Crippen molar-refractivity contribution in [1.82, 2.24) is 19.5 Å². The van der Waals surface area contributed by atoms with Crippen LogP contribution in [0.1, 0.15) is 33.2 Å². The third-order valence-corrected chi connectivity index (χ3v) is 6.14. The van der Waals surface area contributed by atoms with Gasteiger partial charge < -0.3 is 25.0 Å². The smallest absolute Gasteiger partial charge is 0.261 e. The summed E-state index contributed by atoms with van der Waals surface area (Å²) in [7, 11) is 0. The van der Waals surface area contributed by atoms with Gasteiger partial charge in [-0.05, 0) is 30.7 Å². The van der Waals surface area contributed by atoms with Crippen LogP contribution in [0.3, 0.4) is 0 Å². The van der Waals surface area contributed by atoms with E-state index in [4.69, 9.17) is 4.74 Å². The lowest BCUT2D eigenvalue weighted by atomic mass is 10.1. The van der Waals surface area contributed by atoms with Gasteiger partial charge >= 0.3 is 0 Å². The minimum absolute atomic E-state index is 0.200. The van der Waals surface area contributed by atoms with Crippen LogP contribution in [0.25, 0.3) is 5.65 Å². The fourth-order valence-electron chi connectivity index (χ4n) is 4.26. The van der Waals surface area contributed by atoms with Crippen molar-refractivity contribution in [2.45, 2.75) is 25.7 Å². The first-order valence-corrected chi connectivity index (χ1v) is 11.1. The second-order valence-corrected chi connectivity index (χ2v) is 8.47. The SMILES string of the molecule is C[C@H](O)[C@@H](F)CN1Cc2cc(NC(=O)c3cnn4cccnc34)c(N3CCOCC3)cc2C1=O. The van der Waals surface area contributed by atoms with Crippen LogP contribution in [0.4, 0.5) is 15.8 Å². The fraction of sp³-hybridized carbons (Fsp3) is 0.391. The van der Waals surface area contributed by atoms with Gasteiger partial charge in [0.15, 0.2) is 5.65 Å². The Balaban J connectivity index is 1.48. The van der Waals surface area contributed by atoms with E-state index in [1.165, 1.54) is 22.5 Å². The molecule has 11 heteroatoms. The summed E-state index contributed by atoms with van der Waals surface area (Å²) in [6, 6.07) is 5.24. The van der Waals surface area contributed by atoms with Crippen LogP contribution < -0.4 is 10.2 Å². The zero-order valence-corrected chi connectivity index (χ0v) is 18.6. The zero-order valence-electron chi connectivity index (χ0n) is 18.6. The fourth-order valence-corrected chi connectivity index (χ4v) is 4.26. The average molecular weight is 468 g/mol. The standard InChI is InChI=1S/C23H25FN6O4/c1-14(31)18(24)13-29-12-15-9-19(20(10-16(15)23(29)33)28-5-7-34-8-6-28)27-22(32)17-11-26-30-4-2-3-25-21(17)30/h2-4,9-11,14,18,31H,5-8,12-13H2,1H3,(H,27,32)/t14-,18-/m0/s1. The molecule has 0 unspecified atom stereocenters. The van der Waals surface area contributed by atoms with Crippen LogP contribution in [0, 0.1) is 0 Å². The highest BCUT2D eigenvalue weighted by molar-refractivity contribution is 6.10. The molecule has 5 rings (SSSR count). The Hall–Kier alpha value is -3.57. The maximum Gasteiger partial charge on any atom is 0.261 e. The Morgan fingerprint density at radius 2 is 2.12 bits per heavy atom. The van der Waals surface area contributed by atoms with Crippen molar-refractivity contribution in [3.05, 3.63) is 53.5 Å². The highest BCUT2D eigenvalue weighted by atomic mass is 19.1. The molecule has 0 bridgehead atoms. The highest BCUT2D eigenvalue weighted by Gasteiger charge is 2.33. The van der Waals surface area contributed by atoms with Crippen LogP contribution in [-0.4, -0.2) is 81.5 Å². The molecular formula is C23H25FN6O4. The lowest BCUT2D eigenvalue weighted by Crippen LogP contribution is -2.37. The largest absolute Gasteiger partial charge is 0.390 e. The molecule has 1 aromatic carbocycles. The molecule has 0 radical (unpaired) electrons. The van der Waals surface area contributed by atoms with E-state index in [1.807, 2.05) is 0 Å². The first-order chi connectivity index (χ1) is 16.4. The normalized spacial score (nSPS) is 17.7. The summed E-state index contributed by atoms with van der Waals surface area (Å²) in [5.41, 5.74) is 3.15. The quantitative estimate of drug-likeness (QED) is 0.564. The van der Waals surface area contributed by atoms with Crippen LogP contribution in [-0.2, 0) is 11.3 Å². The van der Waals surface area contributed by atoms with E-state index >= 15 is 0 Å². The van der Waals surface area contributed by atoms with Crippen molar-refractivity contribution >= 4 is 28.8 Å². The second-order valence-electron chi connectivity index (χ2n) is 8.47. The number of carbonyl (C=O) groups is 2.